The molecule has 0 spiro atoms. The molecule has 1 fully saturated rings. The van der Waals surface area contributed by atoms with Gasteiger partial charge in [0.05, 0.1) is 12.6 Å². The van der Waals surface area contributed by atoms with E-state index in [9.17, 15) is 5.11 Å². The van der Waals surface area contributed by atoms with E-state index in [0.717, 1.165) is 31.0 Å². The first-order valence-corrected chi connectivity index (χ1v) is 6.16. The molecule has 1 saturated carbocycles. The van der Waals surface area contributed by atoms with Gasteiger partial charge in [-0.05, 0) is 38.3 Å². The SMILES string of the molecule is CCC(O)CN(Cc1ccc(C)o1)C1CC1. The molecule has 0 amide bonds. The van der Waals surface area contributed by atoms with Crippen molar-refractivity contribution in [2.45, 2.75) is 51.8 Å². The van der Waals surface area contributed by atoms with Crippen molar-refractivity contribution in [1.29, 1.82) is 0 Å². The van der Waals surface area contributed by atoms with E-state index in [1.165, 1.54) is 12.8 Å². The molecule has 1 heterocycles. The van der Waals surface area contributed by atoms with E-state index in [4.69, 9.17) is 4.42 Å². The smallest absolute Gasteiger partial charge is 0.118 e. The molecule has 16 heavy (non-hydrogen) atoms. The zero-order valence-corrected chi connectivity index (χ0v) is 10.1. The Hall–Kier alpha value is -0.800. The molecule has 0 aliphatic heterocycles. The van der Waals surface area contributed by atoms with Crippen molar-refractivity contribution < 1.29 is 9.52 Å². The summed E-state index contributed by atoms with van der Waals surface area (Å²) in [5, 5.41) is 9.72. The molecular weight excluding hydrogens is 202 g/mol. The number of hydrogen-bond acceptors (Lipinski definition) is 3. The Kier molecular flexibility index (Phi) is 3.66. The number of hydrogen-bond donors (Lipinski definition) is 1. The first-order chi connectivity index (χ1) is 7.69. The van der Waals surface area contributed by atoms with Gasteiger partial charge in [0.25, 0.3) is 0 Å². The highest BCUT2D eigenvalue weighted by Gasteiger charge is 2.30. The second-order valence-electron chi connectivity index (χ2n) is 4.74. The second kappa shape index (κ2) is 5.02. The predicted molar refractivity (Wildman–Crippen MR) is 63.2 cm³/mol. The Balaban J connectivity index is 1.92. The summed E-state index contributed by atoms with van der Waals surface area (Å²) in [5.41, 5.74) is 0. The fourth-order valence-corrected chi connectivity index (χ4v) is 1.95. The van der Waals surface area contributed by atoms with Crippen LogP contribution in [-0.2, 0) is 6.54 Å². The third kappa shape index (κ3) is 3.09. The lowest BCUT2D eigenvalue weighted by atomic mass is 10.2. The van der Waals surface area contributed by atoms with Gasteiger partial charge < -0.3 is 9.52 Å². The van der Waals surface area contributed by atoms with Gasteiger partial charge in [0, 0.05) is 12.6 Å². The van der Waals surface area contributed by atoms with E-state index in [2.05, 4.69) is 4.90 Å². The van der Waals surface area contributed by atoms with Gasteiger partial charge in [-0.3, -0.25) is 4.90 Å². The molecule has 1 aliphatic carbocycles. The van der Waals surface area contributed by atoms with Gasteiger partial charge in [-0.1, -0.05) is 6.92 Å². The maximum atomic E-state index is 9.72. The van der Waals surface area contributed by atoms with E-state index in [1.807, 2.05) is 26.0 Å². The molecule has 3 heteroatoms. The van der Waals surface area contributed by atoms with Crippen molar-refractivity contribution in [2.24, 2.45) is 0 Å². The molecule has 90 valence electrons. The minimum atomic E-state index is -0.211. The zero-order valence-electron chi connectivity index (χ0n) is 10.1. The van der Waals surface area contributed by atoms with E-state index in [0.29, 0.717) is 6.04 Å². The molecule has 0 bridgehead atoms. The summed E-state index contributed by atoms with van der Waals surface area (Å²) in [6, 6.07) is 4.69. The summed E-state index contributed by atoms with van der Waals surface area (Å²) in [5.74, 6) is 1.97. The molecule has 0 radical (unpaired) electrons. The molecule has 1 aromatic rings. The van der Waals surface area contributed by atoms with Crippen LogP contribution in [-0.4, -0.2) is 28.7 Å². The minimum absolute atomic E-state index is 0.211. The third-order valence-corrected chi connectivity index (χ3v) is 3.13. The first-order valence-electron chi connectivity index (χ1n) is 6.16. The van der Waals surface area contributed by atoms with Gasteiger partial charge in [0.15, 0.2) is 0 Å². The lowest BCUT2D eigenvalue weighted by Gasteiger charge is -2.23. The lowest BCUT2D eigenvalue weighted by Crippen LogP contribution is -2.33. The monoisotopic (exact) mass is 223 g/mol. The summed E-state index contributed by atoms with van der Waals surface area (Å²) in [6.07, 6.45) is 3.13. The fourth-order valence-electron chi connectivity index (χ4n) is 1.95. The van der Waals surface area contributed by atoms with Crippen LogP contribution in [0.4, 0.5) is 0 Å². The molecule has 3 nitrogen and oxygen atoms in total. The maximum Gasteiger partial charge on any atom is 0.118 e. The Bertz CT molecular complexity index is 330. The van der Waals surface area contributed by atoms with Crippen LogP contribution in [0.1, 0.15) is 37.7 Å². The summed E-state index contributed by atoms with van der Waals surface area (Å²) >= 11 is 0. The largest absolute Gasteiger partial charge is 0.465 e. The van der Waals surface area contributed by atoms with E-state index in [1.54, 1.807) is 0 Å². The zero-order chi connectivity index (χ0) is 11.5. The molecule has 0 saturated heterocycles. The van der Waals surface area contributed by atoms with Crippen LogP contribution in [0.5, 0.6) is 0 Å². The third-order valence-electron chi connectivity index (χ3n) is 3.13. The normalized spacial score (nSPS) is 18.0. The fraction of sp³-hybridized carbons (Fsp3) is 0.692. The van der Waals surface area contributed by atoms with Crippen molar-refractivity contribution >= 4 is 0 Å². The Labute approximate surface area is 97.1 Å². The molecule has 1 unspecified atom stereocenters. The number of furan rings is 1. The summed E-state index contributed by atoms with van der Waals surface area (Å²) in [6.45, 7) is 5.58. The van der Waals surface area contributed by atoms with Crippen molar-refractivity contribution in [3.63, 3.8) is 0 Å². The predicted octanol–water partition coefficient (Wildman–Crippen LogP) is 2.32. The van der Waals surface area contributed by atoms with Gasteiger partial charge in [-0.2, -0.15) is 0 Å². The number of nitrogens with zero attached hydrogens (tertiary/aromatic N) is 1. The Morgan fingerprint density at radius 3 is 2.75 bits per heavy atom. The number of aliphatic hydroxyl groups is 1. The van der Waals surface area contributed by atoms with Crippen LogP contribution in [0.25, 0.3) is 0 Å². The topological polar surface area (TPSA) is 36.6 Å². The van der Waals surface area contributed by atoms with Gasteiger partial charge in [-0.15, -0.1) is 0 Å². The lowest BCUT2D eigenvalue weighted by molar-refractivity contribution is 0.0968. The molecule has 1 atom stereocenters. The van der Waals surface area contributed by atoms with Gasteiger partial charge in [0.2, 0.25) is 0 Å². The average molecular weight is 223 g/mol. The van der Waals surface area contributed by atoms with Crippen molar-refractivity contribution in [1.82, 2.24) is 4.90 Å². The average Bonchev–Trinajstić information content (AvgIpc) is 3.02. The van der Waals surface area contributed by atoms with Gasteiger partial charge >= 0.3 is 0 Å². The number of aliphatic hydroxyl groups excluding tert-OH is 1. The van der Waals surface area contributed by atoms with Crippen LogP contribution >= 0.6 is 0 Å². The number of rotatable bonds is 6. The summed E-state index contributed by atoms with van der Waals surface area (Å²) in [4.78, 5) is 2.34. The first kappa shape index (κ1) is 11.7. The molecule has 2 rings (SSSR count). The molecule has 1 aliphatic rings. The van der Waals surface area contributed by atoms with Gasteiger partial charge in [-0.25, -0.2) is 0 Å². The van der Waals surface area contributed by atoms with Crippen LogP contribution in [0.15, 0.2) is 16.5 Å². The molecule has 1 aromatic heterocycles. The standard InChI is InChI=1S/C13H21NO2/c1-3-12(15)8-14(11-5-6-11)9-13-7-4-10(2)16-13/h4,7,11-12,15H,3,5-6,8-9H2,1-2H3. The number of aryl methyl sites for hydroxylation is 1. The maximum absolute atomic E-state index is 9.72. The van der Waals surface area contributed by atoms with Crippen LogP contribution in [0.2, 0.25) is 0 Å². The van der Waals surface area contributed by atoms with E-state index in [-0.39, 0.29) is 6.10 Å². The van der Waals surface area contributed by atoms with Gasteiger partial charge in [0.1, 0.15) is 11.5 Å². The highest BCUT2D eigenvalue weighted by Crippen LogP contribution is 2.28. The quantitative estimate of drug-likeness (QED) is 0.804. The van der Waals surface area contributed by atoms with Crippen LogP contribution in [0.3, 0.4) is 0 Å². The molecule has 0 aromatic carbocycles. The highest BCUT2D eigenvalue weighted by molar-refractivity contribution is 5.06. The second-order valence-corrected chi connectivity index (χ2v) is 4.74. The molecule has 1 N–H and O–H groups in total. The van der Waals surface area contributed by atoms with Crippen LogP contribution in [0, 0.1) is 6.92 Å². The van der Waals surface area contributed by atoms with Crippen molar-refractivity contribution in [3.05, 3.63) is 23.7 Å². The van der Waals surface area contributed by atoms with E-state index < -0.39 is 0 Å². The molecular formula is C13H21NO2. The van der Waals surface area contributed by atoms with E-state index >= 15 is 0 Å². The minimum Gasteiger partial charge on any atom is -0.465 e. The van der Waals surface area contributed by atoms with Crippen molar-refractivity contribution in [3.8, 4) is 0 Å². The summed E-state index contributed by atoms with van der Waals surface area (Å²) < 4.78 is 5.58. The highest BCUT2D eigenvalue weighted by atomic mass is 16.3. The Morgan fingerprint density at radius 1 is 1.50 bits per heavy atom. The van der Waals surface area contributed by atoms with Crippen LogP contribution < -0.4 is 0 Å². The van der Waals surface area contributed by atoms with Crippen molar-refractivity contribution in [2.75, 3.05) is 6.54 Å². The summed E-state index contributed by atoms with van der Waals surface area (Å²) in [7, 11) is 0. The Morgan fingerprint density at radius 2 is 2.25 bits per heavy atom.